The second-order valence-corrected chi connectivity index (χ2v) is 1.92. The van der Waals surface area contributed by atoms with Crippen molar-refractivity contribution in [3.05, 3.63) is 11.9 Å². The first-order valence-corrected chi connectivity index (χ1v) is 3.25. The van der Waals surface area contributed by atoms with Crippen molar-refractivity contribution < 1.29 is 0 Å². The van der Waals surface area contributed by atoms with Gasteiger partial charge >= 0.3 is 0 Å². The molecule has 4 nitrogen and oxygen atoms in total. The predicted octanol–water partition coefficient (Wildman–Crippen LogP) is 1.02. The Morgan fingerprint density at radius 2 is 2.20 bits per heavy atom. The number of nitrogens with zero attached hydrogens (tertiary/aromatic N) is 3. The molecule has 0 unspecified atom stereocenters. The topological polar surface area (TPSA) is 65.7 Å². The molecule has 0 aliphatic carbocycles. The molecule has 0 saturated carbocycles. The molecular formula is C6H14N4. The first-order valence-electron chi connectivity index (χ1n) is 3.25. The van der Waals surface area contributed by atoms with Gasteiger partial charge in [0, 0.05) is 12.7 Å². The highest BCUT2D eigenvalue weighted by atomic mass is 15.4. The molecule has 0 saturated heterocycles. The SMILES string of the molecule is CCc1cn(CC)nn1.N. The summed E-state index contributed by atoms with van der Waals surface area (Å²) in [6.45, 7) is 5.03. The number of rotatable bonds is 2. The van der Waals surface area contributed by atoms with E-state index in [2.05, 4.69) is 17.2 Å². The van der Waals surface area contributed by atoms with Crippen LogP contribution < -0.4 is 6.15 Å². The van der Waals surface area contributed by atoms with Gasteiger partial charge < -0.3 is 6.15 Å². The van der Waals surface area contributed by atoms with E-state index < -0.39 is 0 Å². The molecule has 0 bridgehead atoms. The zero-order chi connectivity index (χ0) is 6.69. The first kappa shape index (κ1) is 9.10. The van der Waals surface area contributed by atoms with Crippen molar-refractivity contribution in [3.8, 4) is 0 Å². The minimum atomic E-state index is 0. The molecule has 0 spiro atoms. The number of hydrogen-bond donors (Lipinski definition) is 1. The van der Waals surface area contributed by atoms with Crippen molar-refractivity contribution in [2.75, 3.05) is 0 Å². The highest BCUT2D eigenvalue weighted by molar-refractivity contribution is 4.90. The maximum absolute atomic E-state index is 3.92. The Morgan fingerprint density at radius 3 is 2.50 bits per heavy atom. The molecule has 4 heteroatoms. The molecule has 58 valence electrons. The molecule has 0 aliphatic heterocycles. The average Bonchev–Trinajstić information content (AvgIpc) is 2.34. The van der Waals surface area contributed by atoms with E-state index in [0.29, 0.717) is 0 Å². The van der Waals surface area contributed by atoms with E-state index in [1.54, 1.807) is 0 Å². The zero-order valence-corrected chi connectivity index (χ0v) is 6.54. The van der Waals surface area contributed by atoms with Crippen LogP contribution >= 0.6 is 0 Å². The fourth-order valence-electron chi connectivity index (χ4n) is 0.655. The zero-order valence-electron chi connectivity index (χ0n) is 6.54. The van der Waals surface area contributed by atoms with Crippen LogP contribution in [0.25, 0.3) is 0 Å². The summed E-state index contributed by atoms with van der Waals surface area (Å²) < 4.78 is 1.83. The second kappa shape index (κ2) is 4.00. The Balaban J connectivity index is 0.000000810. The van der Waals surface area contributed by atoms with Gasteiger partial charge in [0.2, 0.25) is 0 Å². The van der Waals surface area contributed by atoms with Crippen LogP contribution in [-0.2, 0) is 13.0 Å². The van der Waals surface area contributed by atoms with Crippen LogP contribution in [0.3, 0.4) is 0 Å². The number of aryl methyl sites for hydroxylation is 2. The molecule has 0 fully saturated rings. The molecule has 1 aromatic heterocycles. The molecule has 0 amide bonds. The van der Waals surface area contributed by atoms with Crippen LogP contribution in [0.5, 0.6) is 0 Å². The standard InChI is InChI=1S/C6H11N3.H3N/c1-3-6-5-9(4-2)8-7-6;/h5H,3-4H2,1-2H3;1H3. The van der Waals surface area contributed by atoms with Gasteiger partial charge in [0.15, 0.2) is 0 Å². The van der Waals surface area contributed by atoms with Gasteiger partial charge in [-0.2, -0.15) is 0 Å². The minimum Gasteiger partial charge on any atom is -0.344 e. The fourth-order valence-corrected chi connectivity index (χ4v) is 0.655. The lowest BCUT2D eigenvalue weighted by Crippen LogP contribution is -1.93. The first-order chi connectivity index (χ1) is 4.36. The quantitative estimate of drug-likeness (QED) is 0.670. The van der Waals surface area contributed by atoms with E-state index in [1.165, 1.54) is 0 Å². The molecule has 0 radical (unpaired) electrons. The van der Waals surface area contributed by atoms with E-state index >= 15 is 0 Å². The van der Waals surface area contributed by atoms with Crippen LogP contribution in [-0.4, -0.2) is 15.0 Å². The van der Waals surface area contributed by atoms with E-state index in [-0.39, 0.29) is 6.15 Å². The Kier molecular flexibility index (Phi) is 3.64. The van der Waals surface area contributed by atoms with E-state index in [4.69, 9.17) is 0 Å². The van der Waals surface area contributed by atoms with Gasteiger partial charge in [-0.15, -0.1) is 5.10 Å². The van der Waals surface area contributed by atoms with Crippen LogP contribution in [0.2, 0.25) is 0 Å². The fraction of sp³-hybridized carbons (Fsp3) is 0.667. The largest absolute Gasteiger partial charge is 0.344 e. The highest BCUT2D eigenvalue weighted by Crippen LogP contribution is 1.91. The summed E-state index contributed by atoms with van der Waals surface area (Å²) in [5.41, 5.74) is 1.07. The maximum Gasteiger partial charge on any atom is 0.0824 e. The molecule has 0 atom stereocenters. The van der Waals surface area contributed by atoms with Gasteiger partial charge in [-0.05, 0) is 13.3 Å². The lowest BCUT2D eigenvalue weighted by atomic mass is 10.4. The maximum atomic E-state index is 3.92. The lowest BCUT2D eigenvalue weighted by Gasteiger charge is -1.86. The summed E-state index contributed by atoms with van der Waals surface area (Å²) in [4.78, 5) is 0. The van der Waals surface area contributed by atoms with Crippen molar-refractivity contribution in [1.29, 1.82) is 0 Å². The monoisotopic (exact) mass is 142 g/mol. The van der Waals surface area contributed by atoms with Crippen LogP contribution in [0.1, 0.15) is 19.5 Å². The second-order valence-electron chi connectivity index (χ2n) is 1.92. The Hall–Kier alpha value is -0.900. The van der Waals surface area contributed by atoms with Gasteiger partial charge in [-0.3, -0.25) is 4.68 Å². The number of aromatic nitrogens is 3. The molecule has 0 aliphatic rings. The summed E-state index contributed by atoms with van der Waals surface area (Å²) in [6, 6.07) is 0. The summed E-state index contributed by atoms with van der Waals surface area (Å²) >= 11 is 0. The van der Waals surface area contributed by atoms with Gasteiger partial charge in [-0.1, -0.05) is 12.1 Å². The van der Waals surface area contributed by atoms with Crippen molar-refractivity contribution in [3.63, 3.8) is 0 Å². The Morgan fingerprint density at radius 1 is 1.50 bits per heavy atom. The van der Waals surface area contributed by atoms with Crippen molar-refractivity contribution >= 4 is 0 Å². The van der Waals surface area contributed by atoms with Crippen LogP contribution in [0, 0.1) is 0 Å². The van der Waals surface area contributed by atoms with Crippen LogP contribution in [0.4, 0.5) is 0 Å². The Labute approximate surface area is 60.8 Å². The van der Waals surface area contributed by atoms with Crippen LogP contribution in [0.15, 0.2) is 6.20 Å². The third-order valence-electron chi connectivity index (χ3n) is 1.27. The van der Waals surface area contributed by atoms with Gasteiger partial charge in [0.05, 0.1) is 5.69 Å². The average molecular weight is 142 g/mol. The minimum absolute atomic E-state index is 0. The molecule has 1 heterocycles. The molecular weight excluding hydrogens is 128 g/mol. The summed E-state index contributed by atoms with van der Waals surface area (Å²) in [5.74, 6) is 0. The van der Waals surface area contributed by atoms with Gasteiger partial charge in [-0.25, -0.2) is 0 Å². The highest BCUT2D eigenvalue weighted by Gasteiger charge is 1.92. The number of hydrogen-bond acceptors (Lipinski definition) is 3. The normalized spacial score (nSPS) is 9.00. The molecule has 10 heavy (non-hydrogen) atoms. The molecule has 1 aromatic rings. The van der Waals surface area contributed by atoms with Gasteiger partial charge in [0.1, 0.15) is 0 Å². The van der Waals surface area contributed by atoms with Crippen molar-refractivity contribution in [2.24, 2.45) is 0 Å². The van der Waals surface area contributed by atoms with Crippen molar-refractivity contribution in [2.45, 2.75) is 26.8 Å². The summed E-state index contributed by atoms with van der Waals surface area (Å²) in [5, 5.41) is 7.79. The van der Waals surface area contributed by atoms with E-state index in [1.807, 2.05) is 17.8 Å². The predicted molar refractivity (Wildman–Crippen MR) is 40.1 cm³/mol. The van der Waals surface area contributed by atoms with Gasteiger partial charge in [0.25, 0.3) is 0 Å². The van der Waals surface area contributed by atoms with Crippen molar-refractivity contribution in [1.82, 2.24) is 21.1 Å². The molecule has 3 N–H and O–H groups in total. The molecule has 1 rings (SSSR count). The molecule has 0 aromatic carbocycles. The lowest BCUT2D eigenvalue weighted by molar-refractivity contribution is 0.626. The Bertz CT molecular complexity index is 163. The smallest absolute Gasteiger partial charge is 0.0824 e. The summed E-state index contributed by atoms with van der Waals surface area (Å²) in [6.07, 6.45) is 2.94. The third kappa shape index (κ3) is 1.80. The summed E-state index contributed by atoms with van der Waals surface area (Å²) in [7, 11) is 0. The third-order valence-corrected chi connectivity index (χ3v) is 1.27. The van der Waals surface area contributed by atoms with E-state index in [9.17, 15) is 0 Å². The van der Waals surface area contributed by atoms with E-state index in [0.717, 1.165) is 18.7 Å².